The SMILES string of the molecule is C=C(C)c1ccc(C(=O)c2ccc(C(=C)C)cc2CC)c(CC)c1. The Hall–Kier alpha value is -2.41. The minimum Gasteiger partial charge on any atom is -0.289 e. The topological polar surface area (TPSA) is 17.1 Å². The fraction of sp³-hybridized carbons (Fsp3) is 0.261. The summed E-state index contributed by atoms with van der Waals surface area (Å²) in [5.74, 6) is 0.102. The van der Waals surface area contributed by atoms with Crippen LogP contribution in [0.15, 0.2) is 49.6 Å². The van der Waals surface area contributed by atoms with Crippen LogP contribution in [0, 0.1) is 0 Å². The average Bonchev–Trinajstić information content (AvgIpc) is 2.59. The molecule has 0 amide bonds. The predicted molar refractivity (Wildman–Crippen MR) is 104 cm³/mol. The molecule has 0 fully saturated rings. The van der Waals surface area contributed by atoms with Crippen LogP contribution in [0.5, 0.6) is 0 Å². The molecule has 0 N–H and O–H groups in total. The average molecular weight is 318 g/mol. The first-order valence-corrected chi connectivity index (χ1v) is 8.51. The molecule has 0 bridgehead atoms. The molecular weight excluding hydrogens is 292 g/mol. The van der Waals surface area contributed by atoms with Gasteiger partial charge in [-0.1, -0.05) is 74.5 Å². The summed E-state index contributed by atoms with van der Waals surface area (Å²) in [6, 6.07) is 12.0. The van der Waals surface area contributed by atoms with Crippen LogP contribution in [0.1, 0.15) is 65.9 Å². The summed E-state index contributed by atoms with van der Waals surface area (Å²) >= 11 is 0. The van der Waals surface area contributed by atoms with E-state index in [-0.39, 0.29) is 5.78 Å². The highest BCUT2D eigenvalue weighted by molar-refractivity contribution is 6.11. The van der Waals surface area contributed by atoms with Crippen LogP contribution >= 0.6 is 0 Å². The number of carbonyl (C=O) groups is 1. The van der Waals surface area contributed by atoms with Crippen LogP contribution in [0.4, 0.5) is 0 Å². The van der Waals surface area contributed by atoms with Crippen molar-refractivity contribution in [3.63, 3.8) is 0 Å². The zero-order valence-electron chi connectivity index (χ0n) is 15.2. The van der Waals surface area contributed by atoms with Crippen molar-refractivity contribution in [3.05, 3.63) is 82.9 Å². The molecule has 0 aromatic heterocycles. The third-order valence-corrected chi connectivity index (χ3v) is 4.45. The maximum atomic E-state index is 13.1. The van der Waals surface area contributed by atoms with Gasteiger partial charge in [-0.15, -0.1) is 0 Å². The Morgan fingerprint density at radius 1 is 0.792 bits per heavy atom. The van der Waals surface area contributed by atoms with E-state index < -0.39 is 0 Å². The van der Waals surface area contributed by atoms with Crippen molar-refractivity contribution in [2.75, 3.05) is 0 Å². The highest BCUT2D eigenvalue weighted by Crippen LogP contribution is 2.24. The second-order valence-electron chi connectivity index (χ2n) is 6.34. The van der Waals surface area contributed by atoms with Crippen LogP contribution in [0.25, 0.3) is 11.1 Å². The Bertz CT molecular complexity index is 741. The number of allylic oxidation sites excluding steroid dienone is 2. The van der Waals surface area contributed by atoms with E-state index in [0.717, 1.165) is 57.4 Å². The Labute approximate surface area is 145 Å². The first-order chi connectivity index (χ1) is 11.4. The van der Waals surface area contributed by atoms with Gasteiger partial charge in [0.25, 0.3) is 0 Å². The first-order valence-electron chi connectivity index (χ1n) is 8.51. The van der Waals surface area contributed by atoms with Crippen LogP contribution in [0.3, 0.4) is 0 Å². The van der Waals surface area contributed by atoms with Crippen molar-refractivity contribution >= 4 is 16.9 Å². The number of carbonyl (C=O) groups excluding carboxylic acids is 1. The lowest BCUT2D eigenvalue weighted by Gasteiger charge is -2.13. The van der Waals surface area contributed by atoms with Gasteiger partial charge in [0, 0.05) is 11.1 Å². The van der Waals surface area contributed by atoms with Gasteiger partial charge in [-0.25, -0.2) is 0 Å². The highest BCUT2D eigenvalue weighted by atomic mass is 16.1. The van der Waals surface area contributed by atoms with Gasteiger partial charge >= 0.3 is 0 Å². The quantitative estimate of drug-likeness (QED) is 0.587. The van der Waals surface area contributed by atoms with Crippen LogP contribution in [-0.4, -0.2) is 5.78 Å². The molecule has 0 aliphatic carbocycles. The third kappa shape index (κ3) is 3.56. The van der Waals surface area contributed by atoms with Gasteiger partial charge in [0.2, 0.25) is 0 Å². The fourth-order valence-electron chi connectivity index (χ4n) is 2.89. The Morgan fingerprint density at radius 3 is 1.46 bits per heavy atom. The summed E-state index contributed by atoms with van der Waals surface area (Å²) in [5.41, 5.74) is 7.96. The zero-order chi connectivity index (χ0) is 17.9. The monoisotopic (exact) mass is 318 g/mol. The lowest BCUT2D eigenvalue weighted by molar-refractivity contribution is 0.103. The molecule has 0 unspecified atom stereocenters. The second-order valence-corrected chi connectivity index (χ2v) is 6.34. The van der Waals surface area contributed by atoms with Crippen LogP contribution in [0.2, 0.25) is 0 Å². The number of hydrogen-bond acceptors (Lipinski definition) is 1. The van der Waals surface area contributed by atoms with Crippen molar-refractivity contribution < 1.29 is 4.79 Å². The smallest absolute Gasteiger partial charge is 0.193 e. The Kier molecular flexibility index (Phi) is 5.56. The molecule has 2 aromatic rings. The van der Waals surface area contributed by atoms with E-state index >= 15 is 0 Å². The predicted octanol–water partition coefficient (Wildman–Crippen LogP) is 6.11. The zero-order valence-corrected chi connectivity index (χ0v) is 15.2. The largest absolute Gasteiger partial charge is 0.289 e. The number of hydrogen-bond donors (Lipinski definition) is 0. The molecule has 0 atom stereocenters. The van der Waals surface area contributed by atoms with E-state index in [1.165, 1.54) is 0 Å². The van der Waals surface area contributed by atoms with Gasteiger partial charge in [-0.3, -0.25) is 4.79 Å². The number of rotatable bonds is 6. The van der Waals surface area contributed by atoms with Crippen LogP contribution in [-0.2, 0) is 12.8 Å². The van der Waals surface area contributed by atoms with Crippen molar-refractivity contribution in [2.24, 2.45) is 0 Å². The Morgan fingerprint density at radius 2 is 1.17 bits per heavy atom. The summed E-state index contributed by atoms with van der Waals surface area (Å²) in [6.07, 6.45) is 1.65. The van der Waals surface area contributed by atoms with E-state index in [2.05, 4.69) is 39.1 Å². The van der Waals surface area contributed by atoms with Gasteiger partial charge in [0.05, 0.1) is 0 Å². The summed E-state index contributed by atoms with van der Waals surface area (Å²) in [6.45, 7) is 16.1. The lowest BCUT2D eigenvalue weighted by Crippen LogP contribution is -2.09. The van der Waals surface area contributed by atoms with Gasteiger partial charge in [0.1, 0.15) is 0 Å². The first kappa shape index (κ1) is 17.9. The molecule has 24 heavy (non-hydrogen) atoms. The lowest BCUT2D eigenvalue weighted by atomic mass is 9.90. The molecule has 0 spiro atoms. The molecule has 1 heteroatoms. The van der Waals surface area contributed by atoms with Gasteiger partial charge in [0.15, 0.2) is 5.78 Å². The van der Waals surface area contributed by atoms with Gasteiger partial charge < -0.3 is 0 Å². The van der Waals surface area contributed by atoms with E-state index in [4.69, 9.17) is 0 Å². The molecule has 0 saturated carbocycles. The number of benzene rings is 2. The molecule has 0 aliphatic rings. The second kappa shape index (κ2) is 7.44. The fourth-order valence-corrected chi connectivity index (χ4v) is 2.89. The normalized spacial score (nSPS) is 10.5. The minimum atomic E-state index is 0.102. The number of ketones is 1. The summed E-state index contributed by atoms with van der Waals surface area (Å²) in [5, 5.41) is 0. The van der Waals surface area contributed by atoms with E-state index in [1.54, 1.807) is 0 Å². The van der Waals surface area contributed by atoms with E-state index in [9.17, 15) is 4.79 Å². The molecule has 124 valence electrons. The molecule has 0 aliphatic heterocycles. The number of aryl methyl sites for hydroxylation is 2. The van der Waals surface area contributed by atoms with Gasteiger partial charge in [-0.2, -0.15) is 0 Å². The molecule has 0 heterocycles. The molecular formula is C23H26O. The van der Waals surface area contributed by atoms with E-state index in [1.807, 2.05) is 38.1 Å². The maximum Gasteiger partial charge on any atom is 0.193 e. The van der Waals surface area contributed by atoms with Crippen molar-refractivity contribution in [3.8, 4) is 0 Å². The van der Waals surface area contributed by atoms with E-state index in [0.29, 0.717) is 0 Å². The molecule has 0 radical (unpaired) electrons. The molecule has 2 rings (SSSR count). The molecule has 2 aromatic carbocycles. The van der Waals surface area contributed by atoms with Gasteiger partial charge in [-0.05, 0) is 48.9 Å². The summed E-state index contributed by atoms with van der Waals surface area (Å²) in [7, 11) is 0. The van der Waals surface area contributed by atoms with Crippen molar-refractivity contribution in [2.45, 2.75) is 40.5 Å². The van der Waals surface area contributed by atoms with Crippen molar-refractivity contribution in [1.29, 1.82) is 0 Å². The van der Waals surface area contributed by atoms with Crippen LogP contribution < -0.4 is 0 Å². The third-order valence-electron chi connectivity index (χ3n) is 4.45. The summed E-state index contributed by atoms with van der Waals surface area (Å²) in [4.78, 5) is 13.1. The highest BCUT2D eigenvalue weighted by Gasteiger charge is 2.17. The maximum absolute atomic E-state index is 13.1. The summed E-state index contributed by atoms with van der Waals surface area (Å²) < 4.78 is 0. The molecule has 0 saturated heterocycles. The minimum absolute atomic E-state index is 0.102. The van der Waals surface area contributed by atoms with Crippen molar-refractivity contribution in [1.82, 2.24) is 0 Å². The molecule has 1 nitrogen and oxygen atoms in total. The Balaban J connectivity index is 2.52. The standard InChI is InChI=1S/C23H26O/c1-7-17-13-19(15(3)4)9-11-21(17)23(24)22-12-10-20(16(5)6)14-18(22)8-2/h9-14H,3,5,7-8H2,1-2,4,6H3.